The van der Waals surface area contributed by atoms with E-state index in [4.69, 9.17) is 4.42 Å². The standard InChI is InChI=1S/C12H16N2O4/c1-8-5-9(2)7-13(6-8)12(15)10-3-4-11(18-10)14(16)17/h3-4,8-9H,5-7H2,1-2H3/t8-,9-/m1/s1. The molecule has 1 amide bonds. The fraction of sp³-hybridized carbons (Fsp3) is 0.583. The van der Waals surface area contributed by atoms with Gasteiger partial charge < -0.3 is 9.32 Å². The normalized spacial score (nSPS) is 24.0. The number of likely N-dealkylation sites (tertiary alicyclic amines) is 1. The Kier molecular flexibility index (Phi) is 3.36. The highest BCUT2D eigenvalue weighted by molar-refractivity contribution is 5.91. The van der Waals surface area contributed by atoms with Crippen LogP contribution >= 0.6 is 0 Å². The highest BCUT2D eigenvalue weighted by atomic mass is 16.6. The molecule has 1 aliphatic rings. The molecule has 18 heavy (non-hydrogen) atoms. The molecule has 1 aromatic rings. The van der Waals surface area contributed by atoms with Crippen molar-refractivity contribution in [3.05, 3.63) is 28.0 Å². The molecule has 1 aromatic heterocycles. The van der Waals surface area contributed by atoms with E-state index in [1.807, 2.05) is 0 Å². The predicted octanol–water partition coefficient (Wildman–Crippen LogP) is 2.31. The molecule has 98 valence electrons. The second-order valence-corrected chi connectivity index (χ2v) is 5.05. The van der Waals surface area contributed by atoms with Crippen LogP contribution in [-0.2, 0) is 0 Å². The van der Waals surface area contributed by atoms with Gasteiger partial charge in [-0.1, -0.05) is 13.8 Å². The molecule has 0 bridgehead atoms. The fourth-order valence-corrected chi connectivity index (χ4v) is 2.53. The summed E-state index contributed by atoms with van der Waals surface area (Å²) in [7, 11) is 0. The molecule has 6 nitrogen and oxygen atoms in total. The van der Waals surface area contributed by atoms with Crippen molar-refractivity contribution in [2.24, 2.45) is 11.8 Å². The summed E-state index contributed by atoms with van der Waals surface area (Å²) in [4.78, 5) is 23.7. The monoisotopic (exact) mass is 252 g/mol. The summed E-state index contributed by atoms with van der Waals surface area (Å²) in [5, 5.41) is 10.5. The summed E-state index contributed by atoms with van der Waals surface area (Å²) in [6.45, 7) is 5.55. The highest BCUT2D eigenvalue weighted by Gasteiger charge is 2.28. The Labute approximate surface area is 105 Å². The Bertz CT molecular complexity index is 458. The average Bonchev–Trinajstić information content (AvgIpc) is 2.75. The maximum Gasteiger partial charge on any atom is 0.433 e. The first-order valence-electron chi connectivity index (χ1n) is 6.01. The molecule has 0 spiro atoms. The van der Waals surface area contributed by atoms with Crippen LogP contribution in [0.2, 0.25) is 0 Å². The van der Waals surface area contributed by atoms with E-state index in [1.54, 1.807) is 4.90 Å². The van der Waals surface area contributed by atoms with Gasteiger partial charge in [0.15, 0.2) is 5.76 Å². The minimum atomic E-state index is -0.641. The summed E-state index contributed by atoms with van der Waals surface area (Å²) in [5.41, 5.74) is 0. The smallest absolute Gasteiger partial charge is 0.395 e. The van der Waals surface area contributed by atoms with Gasteiger partial charge in [0.2, 0.25) is 0 Å². The van der Waals surface area contributed by atoms with Gasteiger partial charge in [0.25, 0.3) is 5.91 Å². The van der Waals surface area contributed by atoms with Crippen molar-refractivity contribution in [1.29, 1.82) is 0 Å². The van der Waals surface area contributed by atoms with Crippen LogP contribution in [-0.4, -0.2) is 28.8 Å². The third-order valence-electron chi connectivity index (χ3n) is 3.14. The lowest BCUT2D eigenvalue weighted by Gasteiger charge is -2.34. The van der Waals surface area contributed by atoms with Crippen molar-refractivity contribution < 1.29 is 14.1 Å². The van der Waals surface area contributed by atoms with Crippen LogP contribution in [0.5, 0.6) is 0 Å². The lowest BCUT2D eigenvalue weighted by molar-refractivity contribution is -0.402. The Morgan fingerprint density at radius 1 is 1.39 bits per heavy atom. The van der Waals surface area contributed by atoms with Gasteiger partial charge in [0.1, 0.15) is 4.92 Å². The summed E-state index contributed by atoms with van der Waals surface area (Å²) < 4.78 is 4.94. The molecular weight excluding hydrogens is 236 g/mol. The first kappa shape index (κ1) is 12.6. The van der Waals surface area contributed by atoms with Crippen molar-refractivity contribution in [2.75, 3.05) is 13.1 Å². The van der Waals surface area contributed by atoms with Crippen molar-refractivity contribution in [3.8, 4) is 0 Å². The zero-order valence-electron chi connectivity index (χ0n) is 10.5. The largest absolute Gasteiger partial charge is 0.433 e. The van der Waals surface area contributed by atoms with Gasteiger partial charge in [-0.2, -0.15) is 0 Å². The van der Waals surface area contributed by atoms with Crippen LogP contribution in [0.4, 0.5) is 5.88 Å². The molecule has 0 aliphatic carbocycles. The summed E-state index contributed by atoms with van der Waals surface area (Å²) >= 11 is 0. The molecule has 0 N–H and O–H groups in total. The van der Waals surface area contributed by atoms with E-state index in [0.29, 0.717) is 24.9 Å². The Hall–Kier alpha value is -1.85. The minimum absolute atomic E-state index is 0.0444. The molecule has 1 aliphatic heterocycles. The van der Waals surface area contributed by atoms with E-state index in [1.165, 1.54) is 12.1 Å². The number of nitro groups is 1. The summed E-state index contributed by atoms with van der Waals surface area (Å²) in [6, 6.07) is 2.58. The molecule has 6 heteroatoms. The van der Waals surface area contributed by atoms with E-state index < -0.39 is 10.8 Å². The topological polar surface area (TPSA) is 76.6 Å². The molecule has 0 saturated carbocycles. The van der Waals surface area contributed by atoms with Crippen LogP contribution in [0.3, 0.4) is 0 Å². The number of carbonyl (C=O) groups excluding carboxylic acids is 1. The van der Waals surface area contributed by atoms with Gasteiger partial charge in [0, 0.05) is 13.1 Å². The maximum atomic E-state index is 12.1. The van der Waals surface area contributed by atoms with E-state index in [2.05, 4.69) is 13.8 Å². The minimum Gasteiger partial charge on any atom is -0.395 e. The first-order valence-corrected chi connectivity index (χ1v) is 6.01. The van der Waals surface area contributed by atoms with Crippen molar-refractivity contribution >= 4 is 11.8 Å². The van der Waals surface area contributed by atoms with Crippen LogP contribution in [0.25, 0.3) is 0 Å². The maximum absolute atomic E-state index is 12.1. The van der Waals surface area contributed by atoms with E-state index in [-0.39, 0.29) is 11.7 Å². The van der Waals surface area contributed by atoms with Gasteiger partial charge in [-0.3, -0.25) is 14.9 Å². The zero-order valence-corrected chi connectivity index (χ0v) is 10.5. The van der Waals surface area contributed by atoms with Gasteiger partial charge >= 0.3 is 5.88 Å². The van der Waals surface area contributed by atoms with Crippen LogP contribution in [0, 0.1) is 22.0 Å². The number of amides is 1. The van der Waals surface area contributed by atoms with Gasteiger partial charge in [0.05, 0.1) is 6.07 Å². The third-order valence-corrected chi connectivity index (χ3v) is 3.14. The number of piperidine rings is 1. The quantitative estimate of drug-likeness (QED) is 0.597. The highest BCUT2D eigenvalue weighted by Crippen LogP contribution is 2.24. The van der Waals surface area contributed by atoms with Crippen LogP contribution in [0.1, 0.15) is 30.8 Å². The fourth-order valence-electron chi connectivity index (χ4n) is 2.53. The molecule has 2 atom stereocenters. The summed E-state index contributed by atoms with van der Waals surface area (Å²) in [5.74, 6) is 0.284. The van der Waals surface area contributed by atoms with Gasteiger partial charge in [-0.05, 0) is 24.3 Å². The molecule has 1 saturated heterocycles. The molecule has 0 aromatic carbocycles. The molecular formula is C12H16N2O4. The van der Waals surface area contributed by atoms with Crippen molar-refractivity contribution in [2.45, 2.75) is 20.3 Å². The number of hydrogen-bond donors (Lipinski definition) is 0. The Morgan fingerprint density at radius 2 is 2.00 bits per heavy atom. The average molecular weight is 252 g/mol. The number of carbonyl (C=O) groups is 1. The number of hydrogen-bond acceptors (Lipinski definition) is 4. The van der Waals surface area contributed by atoms with Crippen LogP contribution < -0.4 is 0 Å². The molecule has 1 fully saturated rings. The Balaban J connectivity index is 2.12. The lowest BCUT2D eigenvalue weighted by atomic mass is 9.92. The number of nitrogens with zero attached hydrogens (tertiary/aromatic N) is 2. The third kappa shape index (κ3) is 2.52. The van der Waals surface area contributed by atoms with E-state index in [9.17, 15) is 14.9 Å². The first-order chi connectivity index (χ1) is 8.47. The van der Waals surface area contributed by atoms with Gasteiger partial charge in [-0.25, -0.2) is 0 Å². The zero-order chi connectivity index (χ0) is 13.3. The van der Waals surface area contributed by atoms with Crippen molar-refractivity contribution in [1.82, 2.24) is 4.90 Å². The molecule has 2 heterocycles. The number of rotatable bonds is 2. The molecule has 2 rings (SSSR count). The summed E-state index contributed by atoms with van der Waals surface area (Å²) in [6.07, 6.45) is 1.10. The van der Waals surface area contributed by atoms with Gasteiger partial charge in [-0.15, -0.1) is 0 Å². The van der Waals surface area contributed by atoms with Crippen molar-refractivity contribution in [3.63, 3.8) is 0 Å². The Morgan fingerprint density at radius 3 is 2.50 bits per heavy atom. The predicted molar refractivity (Wildman–Crippen MR) is 64.2 cm³/mol. The SMILES string of the molecule is C[C@@H]1C[C@@H](C)CN(C(=O)c2ccc([N+](=O)[O-])o2)C1. The van der Waals surface area contributed by atoms with E-state index >= 15 is 0 Å². The second kappa shape index (κ2) is 4.80. The molecule has 0 radical (unpaired) electrons. The lowest BCUT2D eigenvalue weighted by Crippen LogP contribution is -2.42. The number of furan rings is 1. The second-order valence-electron chi connectivity index (χ2n) is 5.05. The van der Waals surface area contributed by atoms with E-state index in [0.717, 1.165) is 6.42 Å². The molecule has 0 unspecified atom stereocenters. The van der Waals surface area contributed by atoms with Crippen LogP contribution in [0.15, 0.2) is 16.5 Å².